The van der Waals surface area contributed by atoms with Crippen molar-refractivity contribution < 1.29 is 17.6 Å². The molecule has 2 rings (SSSR count). The highest BCUT2D eigenvalue weighted by Crippen LogP contribution is 2.32. The van der Waals surface area contributed by atoms with Crippen LogP contribution in [0.1, 0.15) is 5.56 Å². The Labute approximate surface area is 116 Å². The number of rotatable bonds is 3. The molecule has 0 amide bonds. The monoisotopic (exact) mass is 302 g/mol. The number of halogens is 4. The van der Waals surface area contributed by atoms with Gasteiger partial charge in [-0.1, -0.05) is 0 Å². The number of nitrogens with two attached hydrogens (primary N) is 2. The van der Waals surface area contributed by atoms with E-state index in [0.717, 1.165) is 0 Å². The Morgan fingerprint density at radius 2 is 1.71 bits per heavy atom. The molecule has 0 bridgehead atoms. The van der Waals surface area contributed by atoms with E-state index in [2.05, 4.69) is 20.7 Å². The average molecular weight is 302 g/mol. The molecule has 0 fully saturated rings. The van der Waals surface area contributed by atoms with Crippen molar-refractivity contribution in [2.45, 2.75) is 6.18 Å². The fourth-order valence-electron chi connectivity index (χ4n) is 1.54. The summed E-state index contributed by atoms with van der Waals surface area (Å²) in [4.78, 5) is 7.41. The van der Waals surface area contributed by atoms with Gasteiger partial charge in [0, 0.05) is 6.07 Å². The molecular weight excluding hydrogens is 292 g/mol. The fourth-order valence-corrected chi connectivity index (χ4v) is 1.54. The highest BCUT2D eigenvalue weighted by atomic mass is 19.4. The lowest BCUT2D eigenvalue weighted by atomic mass is 10.2. The van der Waals surface area contributed by atoms with Gasteiger partial charge in [0.25, 0.3) is 0 Å². The van der Waals surface area contributed by atoms with Crippen LogP contribution in [0.15, 0.2) is 24.3 Å². The molecule has 2 aromatic rings. The van der Waals surface area contributed by atoms with Gasteiger partial charge in [0.15, 0.2) is 0 Å². The summed E-state index contributed by atoms with van der Waals surface area (Å²) >= 11 is 0. The minimum absolute atomic E-state index is 0.00586. The summed E-state index contributed by atoms with van der Waals surface area (Å²) in [5, 5.41) is 2.40. The van der Waals surface area contributed by atoms with Crippen LogP contribution in [0.4, 0.5) is 40.8 Å². The van der Waals surface area contributed by atoms with Crippen molar-refractivity contribution in [3.63, 3.8) is 0 Å². The van der Waals surface area contributed by atoms with Crippen molar-refractivity contribution in [1.29, 1.82) is 0 Å². The molecule has 0 unspecified atom stereocenters. The molecule has 0 spiro atoms. The first-order valence-corrected chi connectivity index (χ1v) is 5.54. The zero-order valence-electron chi connectivity index (χ0n) is 10.4. The Hall–Kier alpha value is -2.62. The molecule has 0 aliphatic carbocycles. The second-order valence-electron chi connectivity index (χ2n) is 3.96. The summed E-state index contributed by atoms with van der Waals surface area (Å²) in [6.07, 6.45) is -4.58. The molecule has 112 valence electrons. The van der Waals surface area contributed by atoms with Crippen LogP contribution in [0.3, 0.4) is 0 Å². The molecule has 0 atom stereocenters. The van der Waals surface area contributed by atoms with Crippen molar-refractivity contribution in [2.75, 3.05) is 16.5 Å². The van der Waals surface area contributed by atoms with Crippen molar-refractivity contribution in [2.24, 2.45) is 5.84 Å². The third-order valence-corrected chi connectivity index (χ3v) is 2.45. The largest absolute Gasteiger partial charge is 0.416 e. The maximum Gasteiger partial charge on any atom is 0.416 e. The van der Waals surface area contributed by atoms with Gasteiger partial charge >= 0.3 is 6.18 Å². The Balaban J connectivity index is 2.37. The summed E-state index contributed by atoms with van der Waals surface area (Å²) in [5.41, 5.74) is 6.20. The van der Waals surface area contributed by atoms with Crippen molar-refractivity contribution in [3.05, 3.63) is 35.6 Å². The molecule has 0 saturated carbocycles. The highest BCUT2D eigenvalue weighted by molar-refractivity contribution is 5.61. The van der Waals surface area contributed by atoms with E-state index in [1.807, 2.05) is 0 Å². The van der Waals surface area contributed by atoms with Crippen LogP contribution in [-0.2, 0) is 6.18 Å². The average Bonchev–Trinajstić information content (AvgIpc) is 2.39. The number of aromatic nitrogens is 2. The number of alkyl halides is 3. The van der Waals surface area contributed by atoms with E-state index >= 15 is 0 Å². The number of nitrogen functional groups attached to an aromatic ring is 2. The molecule has 0 aliphatic heterocycles. The van der Waals surface area contributed by atoms with E-state index in [1.165, 1.54) is 6.07 Å². The van der Waals surface area contributed by atoms with Gasteiger partial charge in [-0.05, 0) is 18.2 Å². The summed E-state index contributed by atoms with van der Waals surface area (Å²) in [6.45, 7) is 0. The number of anilines is 4. The van der Waals surface area contributed by atoms with E-state index in [4.69, 9.17) is 11.6 Å². The Morgan fingerprint density at radius 3 is 2.33 bits per heavy atom. The Morgan fingerprint density at radius 1 is 1.05 bits per heavy atom. The minimum atomic E-state index is -4.58. The number of hydrogen-bond donors (Lipinski definition) is 4. The van der Waals surface area contributed by atoms with Crippen molar-refractivity contribution >= 4 is 23.3 Å². The van der Waals surface area contributed by atoms with Crippen LogP contribution in [-0.4, -0.2) is 9.97 Å². The number of hydrogen-bond acceptors (Lipinski definition) is 6. The van der Waals surface area contributed by atoms with E-state index in [1.54, 1.807) is 0 Å². The first kappa shape index (κ1) is 14.8. The van der Waals surface area contributed by atoms with Gasteiger partial charge in [0.2, 0.25) is 5.95 Å². The van der Waals surface area contributed by atoms with Gasteiger partial charge < -0.3 is 16.5 Å². The number of benzene rings is 1. The molecule has 21 heavy (non-hydrogen) atoms. The van der Waals surface area contributed by atoms with E-state index in [9.17, 15) is 17.6 Å². The summed E-state index contributed by atoms with van der Waals surface area (Å²) in [7, 11) is 0. The third-order valence-electron chi connectivity index (χ3n) is 2.45. The van der Waals surface area contributed by atoms with Crippen molar-refractivity contribution in [3.8, 4) is 0 Å². The zero-order chi connectivity index (χ0) is 15.6. The van der Waals surface area contributed by atoms with Crippen LogP contribution in [0.5, 0.6) is 0 Å². The highest BCUT2D eigenvalue weighted by Gasteiger charge is 2.31. The normalized spacial score (nSPS) is 11.3. The van der Waals surface area contributed by atoms with Gasteiger partial charge in [-0.3, -0.25) is 0 Å². The molecule has 1 aromatic heterocycles. The number of nitrogens with one attached hydrogen (secondary N) is 2. The smallest absolute Gasteiger partial charge is 0.368 e. The molecule has 0 saturated heterocycles. The first-order chi connectivity index (χ1) is 9.79. The maximum absolute atomic E-state index is 13.6. The van der Waals surface area contributed by atoms with Crippen LogP contribution in [0, 0.1) is 5.82 Å². The lowest BCUT2D eigenvalue weighted by Gasteiger charge is -2.12. The predicted octanol–water partition coefficient (Wildman–Crippen LogP) is 2.25. The summed E-state index contributed by atoms with van der Waals surface area (Å²) in [5.74, 6) is 4.21. The maximum atomic E-state index is 13.6. The van der Waals surface area contributed by atoms with E-state index in [-0.39, 0.29) is 17.6 Å². The number of hydrazine groups is 1. The Kier molecular flexibility index (Phi) is 3.80. The predicted molar refractivity (Wildman–Crippen MR) is 68.9 cm³/mol. The molecule has 1 aromatic carbocycles. The van der Waals surface area contributed by atoms with Gasteiger partial charge in [0.05, 0.1) is 11.3 Å². The van der Waals surface area contributed by atoms with Crippen LogP contribution < -0.4 is 22.3 Å². The summed E-state index contributed by atoms with van der Waals surface area (Å²) in [6, 6.07) is 3.23. The molecule has 0 aliphatic rings. The molecular formula is C11H10F4N6. The second-order valence-corrected chi connectivity index (χ2v) is 3.96. The van der Waals surface area contributed by atoms with Gasteiger partial charge in [-0.2, -0.15) is 23.1 Å². The zero-order valence-corrected chi connectivity index (χ0v) is 10.4. The number of nitrogens with zero attached hydrogens (tertiary/aromatic N) is 2. The van der Waals surface area contributed by atoms with E-state index < -0.39 is 23.2 Å². The molecule has 6 nitrogen and oxygen atoms in total. The van der Waals surface area contributed by atoms with Gasteiger partial charge in [-0.25, -0.2) is 10.2 Å². The lowest BCUT2D eigenvalue weighted by molar-refractivity contribution is -0.137. The minimum Gasteiger partial charge on any atom is -0.368 e. The molecule has 10 heteroatoms. The van der Waals surface area contributed by atoms with Crippen molar-refractivity contribution in [1.82, 2.24) is 9.97 Å². The Bertz CT molecular complexity index is 658. The van der Waals surface area contributed by atoms with Crippen LogP contribution >= 0.6 is 0 Å². The fraction of sp³-hybridized carbons (Fsp3) is 0.0909. The van der Waals surface area contributed by atoms with Crippen LogP contribution in [0.2, 0.25) is 0 Å². The summed E-state index contributed by atoms with van der Waals surface area (Å²) < 4.78 is 51.4. The standard InChI is InChI=1S/C11H10F4N6/c12-6-2-1-5(11(13,14)15)3-7(6)18-8-4-9(21-17)20-10(16)19-8/h1-4H,17H2,(H4,16,18,19,20,21). The van der Waals surface area contributed by atoms with E-state index in [0.29, 0.717) is 18.2 Å². The van der Waals surface area contributed by atoms with Gasteiger partial charge in [0.1, 0.15) is 17.5 Å². The third kappa shape index (κ3) is 3.48. The molecule has 6 N–H and O–H groups in total. The topological polar surface area (TPSA) is 102 Å². The molecule has 0 radical (unpaired) electrons. The van der Waals surface area contributed by atoms with Crippen LogP contribution in [0.25, 0.3) is 0 Å². The first-order valence-electron chi connectivity index (χ1n) is 5.54. The SMILES string of the molecule is NNc1cc(Nc2cc(C(F)(F)F)ccc2F)nc(N)n1. The quantitative estimate of drug-likeness (QED) is 0.394. The van der Waals surface area contributed by atoms with Gasteiger partial charge in [-0.15, -0.1) is 0 Å². The molecule has 1 heterocycles. The lowest BCUT2D eigenvalue weighted by Crippen LogP contribution is -2.11. The second kappa shape index (κ2) is 5.40.